The normalized spacial score (nSPS) is 11.4. The topological polar surface area (TPSA) is 68.3 Å². The van der Waals surface area contributed by atoms with Crippen molar-refractivity contribution in [2.45, 2.75) is 52.6 Å². The zero-order valence-corrected chi connectivity index (χ0v) is 20.9. The number of unbranched alkanes of at least 4 members (excludes halogenated alkanes) is 3. The fraction of sp³-hybridized carbons (Fsp3) is 0.407. The van der Waals surface area contributed by atoms with E-state index in [0.717, 1.165) is 24.8 Å². The number of rotatable bonds is 13. The molecule has 3 aromatic rings. The lowest BCUT2D eigenvalue weighted by molar-refractivity contribution is -0.137. The molecule has 1 heterocycles. The van der Waals surface area contributed by atoms with Crippen LogP contribution < -0.4 is 20.1 Å². The van der Waals surface area contributed by atoms with Crippen LogP contribution in [0.4, 0.5) is 36.3 Å². The van der Waals surface area contributed by atoms with Crippen LogP contribution in [0, 0.1) is 5.92 Å². The molecule has 36 heavy (non-hydrogen) atoms. The minimum atomic E-state index is -4.63. The summed E-state index contributed by atoms with van der Waals surface area (Å²) in [4.78, 5) is 8.01. The van der Waals surface area contributed by atoms with Crippen LogP contribution in [0.5, 0.6) is 11.5 Å². The van der Waals surface area contributed by atoms with Crippen LogP contribution in [0.25, 0.3) is 0 Å². The summed E-state index contributed by atoms with van der Waals surface area (Å²) in [6.45, 7) is 7.22. The van der Waals surface area contributed by atoms with Crippen LogP contribution >= 0.6 is 0 Å². The first-order valence-corrected chi connectivity index (χ1v) is 12.2. The monoisotopic (exact) mass is 502 g/mol. The van der Waals surface area contributed by atoms with Crippen molar-refractivity contribution < 1.29 is 22.6 Å². The summed E-state index contributed by atoms with van der Waals surface area (Å²) >= 11 is 0. The second-order valence-electron chi connectivity index (χ2n) is 8.84. The molecular formula is C27H33F3N4O2. The van der Waals surface area contributed by atoms with Gasteiger partial charge in [0.25, 0.3) is 0 Å². The third kappa shape index (κ3) is 8.32. The van der Waals surface area contributed by atoms with Gasteiger partial charge in [-0.2, -0.15) is 18.2 Å². The van der Waals surface area contributed by atoms with Gasteiger partial charge in [-0.3, -0.25) is 0 Å². The molecule has 0 saturated carbocycles. The van der Waals surface area contributed by atoms with Gasteiger partial charge in [-0.05, 0) is 48.7 Å². The van der Waals surface area contributed by atoms with Gasteiger partial charge in [0.15, 0.2) is 0 Å². The molecule has 1 aromatic heterocycles. The van der Waals surface area contributed by atoms with Crippen LogP contribution in [0.2, 0.25) is 0 Å². The molecule has 0 bridgehead atoms. The third-order valence-electron chi connectivity index (χ3n) is 5.18. The number of aromatic nitrogens is 2. The van der Waals surface area contributed by atoms with Crippen molar-refractivity contribution in [3.05, 3.63) is 60.3 Å². The highest BCUT2D eigenvalue weighted by Gasteiger charge is 2.35. The van der Waals surface area contributed by atoms with Gasteiger partial charge in [0.2, 0.25) is 5.95 Å². The van der Waals surface area contributed by atoms with E-state index in [9.17, 15) is 13.2 Å². The summed E-state index contributed by atoms with van der Waals surface area (Å²) in [7, 11) is 0. The van der Waals surface area contributed by atoms with Gasteiger partial charge in [-0.25, -0.2) is 4.98 Å². The van der Waals surface area contributed by atoms with Crippen molar-refractivity contribution in [1.29, 1.82) is 0 Å². The number of alkyl halides is 3. The SMILES string of the molecule is CCCCCCOc1ccc(Nc2ncc(C(F)(F)F)c(Nc3ccccc3OCC(C)C)n2)cc1. The third-order valence-corrected chi connectivity index (χ3v) is 5.18. The maximum absolute atomic E-state index is 13.7. The Labute approximate surface area is 210 Å². The molecule has 0 aliphatic rings. The Bertz CT molecular complexity index is 1090. The standard InChI is InChI=1S/C27H33F3N4O2/c1-4-5-6-9-16-35-21-14-12-20(13-15-21)32-26-31-17-22(27(28,29)30)25(34-26)33-23-10-7-8-11-24(23)36-18-19(2)3/h7-8,10-15,17,19H,4-6,9,16,18H2,1-3H3,(H2,31,32,33,34). The lowest BCUT2D eigenvalue weighted by Gasteiger charge is -2.17. The van der Waals surface area contributed by atoms with Gasteiger partial charge in [-0.15, -0.1) is 0 Å². The first kappa shape index (κ1) is 27.1. The molecule has 6 nitrogen and oxygen atoms in total. The van der Waals surface area contributed by atoms with Crippen molar-refractivity contribution in [1.82, 2.24) is 9.97 Å². The molecule has 0 radical (unpaired) electrons. The van der Waals surface area contributed by atoms with E-state index in [2.05, 4.69) is 27.5 Å². The van der Waals surface area contributed by atoms with Crippen molar-refractivity contribution in [3.63, 3.8) is 0 Å². The minimum absolute atomic E-state index is 0.0271. The van der Waals surface area contributed by atoms with Crippen LogP contribution in [-0.4, -0.2) is 23.2 Å². The second kappa shape index (κ2) is 13.0. The van der Waals surface area contributed by atoms with Gasteiger partial charge in [0.05, 0.1) is 18.9 Å². The molecule has 2 N–H and O–H groups in total. The average molecular weight is 503 g/mol. The van der Waals surface area contributed by atoms with E-state index in [-0.39, 0.29) is 17.7 Å². The van der Waals surface area contributed by atoms with E-state index in [0.29, 0.717) is 30.3 Å². The summed E-state index contributed by atoms with van der Waals surface area (Å²) in [6.07, 6.45) is 0.614. The van der Waals surface area contributed by atoms with Crippen LogP contribution in [-0.2, 0) is 6.18 Å². The Hall–Kier alpha value is -3.49. The van der Waals surface area contributed by atoms with Gasteiger partial charge < -0.3 is 20.1 Å². The maximum atomic E-state index is 13.7. The largest absolute Gasteiger partial charge is 0.494 e. The Morgan fingerprint density at radius 1 is 0.917 bits per heavy atom. The summed E-state index contributed by atoms with van der Waals surface area (Å²) in [6, 6.07) is 14.0. The quantitative estimate of drug-likeness (QED) is 0.231. The van der Waals surface area contributed by atoms with Gasteiger partial charge in [-0.1, -0.05) is 52.2 Å². The van der Waals surface area contributed by atoms with E-state index in [1.807, 2.05) is 13.8 Å². The molecule has 0 saturated heterocycles. The summed E-state index contributed by atoms with van der Waals surface area (Å²) in [5.41, 5.74) is 0.0342. The summed E-state index contributed by atoms with van der Waals surface area (Å²) < 4.78 is 52.6. The number of para-hydroxylation sites is 2. The highest BCUT2D eigenvalue weighted by Crippen LogP contribution is 2.37. The van der Waals surface area contributed by atoms with E-state index in [1.165, 1.54) is 12.8 Å². The zero-order chi connectivity index (χ0) is 26.0. The van der Waals surface area contributed by atoms with Crippen molar-refractivity contribution in [2.75, 3.05) is 23.8 Å². The fourth-order valence-electron chi connectivity index (χ4n) is 3.31. The summed E-state index contributed by atoms with van der Waals surface area (Å²) in [5, 5.41) is 5.75. The van der Waals surface area contributed by atoms with Crippen LogP contribution in [0.3, 0.4) is 0 Å². The zero-order valence-electron chi connectivity index (χ0n) is 20.9. The van der Waals surface area contributed by atoms with E-state index < -0.39 is 11.7 Å². The van der Waals surface area contributed by atoms with Gasteiger partial charge in [0.1, 0.15) is 22.9 Å². The number of hydrogen-bond donors (Lipinski definition) is 2. The molecule has 0 fully saturated rings. The maximum Gasteiger partial charge on any atom is 0.421 e. The van der Waals surface area contributed by atoms with Crippen molar-refractivity contribution >= 4 is 23.1 Å². The average Bonchev–Trinajstić information content (AvgIpc) is 2.84. The predicted molar refractivity (Wildman–Crippen MR) is 136 cm³/mol. The Kier molecular flexibility index (Phi) is 9.78. The first-order valence-electron chi connectivity index (χ1n) is 12.2. The minimum Gasteiger partial charge on any atom is -0.494 e. The molecular weight excluding hydrogens is 469 g/mol. The number of hydrogen-bond acceptors (Lipinski definition) is 6. The molecule has 3 rings (SSSR count). The molecule has 0 amide bonds. The van der Waals surface area contributed by atoms with Gasteiger partial charge >= 0.3 is 6.18 Å². The van der Waals surface area contributed by atoms with Crippen LogP contribution in [0.15, 0.2) is 54.7 Å². The summed E-state index contributed by atoms with van der Waals surface area (Å²) in [5.74, 6) is 1.09. The predicted octanol–water partition coefficient (Wildman–Crippen LogP) is 7.98. The smallest absolute Gasteiger partial charge is 0.421 e. The van der Waals surface area contributed by atoms with E-state index in [4.69, 9.17) is 9.47 Å². The number of benzene rings is 2. The second-order valence-corrected chi connectivity index (χ2v) is 8.84. The highest BCUT2D eigenvalue weighted by atomic mass is 19.4. The fourth-order valence-corrected chi connectivity index (χ4v) is 3.31. The molecule has 9 heteroatoms. The first-order chi connectivity index (χ1) is 17.3. The molecule has 0 aliphatic heterocycles. The molecule has 194 valence electrons. The molecule has 2 aromatic carbocycles. The number of anilines is 4. The number of nitrogens with zero attached hydrogens (tertiary/aromatic N) is 2. The Morgan fingerprint density at radius 3 is 2.36 bits per heavy atom. The number of nitrogens with one attached hydrogen (secondary N) is 2. The Morgan fingerprint density at radius 2 is 1.67 bits per heavy atom. The molecule has 0 unspecified atom stereocenters. The molecule has 0 aliphatic carbocycles. The molecule has 0 atom stereocenters. The van der Waals surface area contributed by atoms with Crippen molar-refractivity contribution in [3.8, 4) is 11.5 Å². The molecule has 0 spiro atoms. The highest BCUT2D eigenvalue weighted by molar-refractivity contribution is 5.67. The van der Waals surface area contributed by atoms with E-state index >= 15 is 0 Å². The number of ether oxygens (including phenoxy) is 2. The number of halogens is 3. The van der Waals surface area contributed by atoms with Crippen molar-refractivity contribution in [2.24, 2.45) is 5.92 Å². The van der Waals surface area contributed by atoms with E-state index in [1.54, 1.807) is 48.5 Å². The van der Waals surface area contributed by atoms with Crippen LogP contribution in [0.1, 0.15) is 52.0 Å². The lowest BCUT2D eigenvalue weighted by Crippen LogP contribution is -2.13. The lowest BCUT2D eigenvalue weighted by atomic mass is 10.2. The van der Waals surface area contributed by atoms with Gasteiger partial charge in [0, 0.05) is 11.9 Å². The Balaban J connectivity index is 1.75.